The summed E-state index contributed by atoms with van der Waals surface area (Å²) in [7, 11) is 0. The van der Waals surface area contributed by atoms with Crippen molar-refractivity contribution in [3.8, 4) is 0 Å². The van der Waals surface area contributed by atoms with Crippen molar-refractivity contribution in [2.24, 2.45) is 11.3 Å². The molecule has 3 heterocycles. The van der Waals surface area contributed by atoms with Gasteiger partial charge in [0.1, 0.15) is 12.1 Å². The van der Waals surface area contributed by atoms with Crippen LogP contribution in [0.2, 0.25) is 0 Å². The molecule has 0 bridgehead atoms. The number of amides is 3. The van der Waals surface area contributed by atoms with E-state index >= 15 is 0 Å². The Morgan fingerprint density at radius 3 is 1.79 bits per heavy atom. The molecule has 3 atom stereocenters. The molecule has 3 fully saturated rings. The topological polar surface area (TPSA) is 60.9 Å². The molecule has 3 saturated heterocycles. The van der Waals surface area contributed by atoms with Gasteiger partial charge in [0, 0.05) is 31.1 Å². The smallest absolute Gasteiger partial charge is 0.246 e. The first kappa shape index (κ1) is 21.1. The zero-order chi connectivity index (χ0) is 20.6. The number of likely N-dealkylation sites (tertiary alicyclic amines) is 3. The van der Waals surface area contributed by atoms with Crippen molar-refractivity contribution in [2.45, 2.75) is 91.3 Å². The molecular formula is C22H37N3O3. The van der Waals surface area contributed by atoms with E-state index in [1.807, 2.05) is 25.7 Å². The lowest BCUT2D eigenvalue weighted by Gasteiger charge is -2.36. The minimum absolute atomic E-state index is 0.0220. The highest BCUT2D eigenvalue weighted by Gasteiger charge is 2.45. The van der Waals surface area contributed by atoms with Crippen LogP contribution in [0.1, 0.15) is 73.1 Å². The fraction of sp³-hybridized carbons (Fsp3) is 0.864. The lowest BCUT2D eigenvalue weighted by molar-refractivity contribution is -0.152. The fourth-order valence-corrected chi connectivity index (χ4v) is 5.13. The van der Waals surface area contributed by atoms with Crippen LogP contribution in [0.25, 0.3) is 0 Å². The van der Waals surface area contributed by atoms with Crippen molar-refractivity contribution in [1.29, 1.82) is 0 Å². The summed E-state index contributed by atoms with van der Waals surface area (Å²) in [5, 5.41) is 0. The Hall–Kier alpha value is -1.59. The molecule has 0 aliphatic carbocycles. The van der Waals surface area contributed by atoms with Crippen LogP contribution in [0.3, 0.4) is 0 Å². The summed E-state index contributed by atoms with van der Waals surface area (Å²) >= 11 is 0. The second-order valence-electron chi connectivity index (χ2n) is 10.1. The van der Waals surface area contributed by atoms with Crippen molar-refractivity contribution < 1.29 is 14.4 Å². The SMILES string of the molecule is CC(C)C1CCCN1C(=O)C1CCCN1C(=O)C1CCCN1C(=O)C(C)(C)C. The molecule has 3 unspecified atom stereocenters. The molecule has 0 aromatic heterocycles. The molecule has 0 N–H and O–H groups in total. The molecule has 28 heavy (non-hydrogen) atoms. The van der Waals surface area contributed by atoms with Gasteiger partial charge < -0.3 is 14.7 Å². The molecule has 3 amide bonds. The fourth-order valence-electron chi connectivity index (χ4n) is 5.13. The van der Waals surface area contributed by atoms with Crippen LogP contribution in [-0.4, -0.2) is 70.2 Å². The van der Waals surface area contributed by atoms with Gasteiger partial charge in [-0.05, 0) is 44.4 Å². The van der Waals surface area contributed by atoms with Gasteiger partial charge in [-0.2, -0.15) is 0 Å². The van der Waals surface area contributed by atoms with E-state index in [2.05, 4.69) is 13.8 Å². The molecule has 0 aromatic carbocycles. The minimum atomic E-state index is -0.497. The van der Waals surface area contributed by atoms with Crippen LogP contribution in [0.5, 0.6) is 0 Å². The summed E-state index contributed by atoms with van der Waals surface area (Å²) in [6.07, 6.45) is 5.27. The molecular weight excluding hydrogens is 354 g/mol. The van der Waals surface area contributed by atoms with Gasteiger partial charge in [0.25, 0.3) is 0 Å². The molecule has 0 aromatic rings. The average molecular weight is 392 g/mol. The van der Waals surface area contributed by atoms with Gasteiger partial charge in [0.2, 0.25) is 17.7 Å². The predicted octanol–water partition coefficient (Wildman–Crippen LogP) is 2.66. The van der Waals surface area contributed by atoms with Crippen molar-refractivity contribution in [1.82, 2.24) is 14.7 Å². The third-order valence-electron chi connectivity index (χ3n) is 6.61. The highest BCUT2D eigenvalue weighted by atomic mass is 16.2. The zero-order valence-electron chi connectivity index (χ0n) is 18.2. The number of carbonyl (C=O) groups excluding carboxylic acids is 3. The first-order chi connectivity index (χ1) is 13.1. The molecule has 0 spiro atoms. The number of carbonyl (C=O) groups is 3. The van der Waals surface area contributed by atoms with Crippen molar-refractivity contribution >= 4 is 17.7 Å². The van der Waals surface area contributed by atoms with Gasteiger partial charge in [0.05, 0.1) is 0 Å². The van der Waals surface area contributed by atoms with Gasteiger partial charge in [-0.15, -0.1) is 0 Å². The summed E-state index contributed by atoms with van der Waals surface area (Å²) in [4.78, 5) is 45.1. The van der Waals surface area contributed by atoms with Crippen LogP contribution in [0, 0.1) is 11.3 Å². The Morgan fingerprint density at radius 2 is 1.21 bits per heavy atom. The Kier molecular flexibility index (Phi) is 6.06. The van der Waals surface area contributed by atoms with Crippen molar-refractivity contribution in [3.63, 3.8) is 0 Å². The number of hydrogen-bond donors (Lipinski definition) is 0. The molecule has 0 saturated carbocycles. The van der Waals surface area contributed by atoms with Gasteiger partial charge in [-0.3, -0.25) is 14.4 Å². The van der Waals surface area contributed by atoms with Gasteiger partial charge >= 0.3 is 0 Å². The van der Waals surface area contributed by atoms with E-state index in [1.165, 1.54) is 0 Å². The van der Waals surface area contributed by atoms with Crippen LogP contribution in [-0.2, 0) is 14.4 Å². The van der Waals surface area contributed by atoms with Crippen LogP contribution < -0.4 is 0 Å². The van der Waals surface area contributed by atoms with Gasteiger partial charge in [-0.25, -0.2) is 0 Å². The van der Waals surface area contributed by atoms with E-state index in [4.69, 9.17) is 0 Å². The largest absolute Gasteiger partial charge is 0.338 e. The van der Waals surface area contributed by atoms with E-state index in [0.717, 1.165) is 38.6 Å². The molecule has 3 aliphatic rings. The predicted molar refractivity (Wildman–Crippen MR) is 108 cm³/mol. The van der Waals surface area contributed by atoms with E-state index < -0.39 is 11.5 Å². The number of hydrogen-bond acceptors (Lipinski definition) is 3. The van der Waals surface area contributed by atoms with Crippen LogP contribution >= 0.6 is 0 Å². The normalized spacial score (nSPS) is 28.5. The maximum absolute atomic E-state index is 13.4. The lowest BCUT2D eigenvalue weighted by Crippen LogP contribution is -2.55. The lowest BCUT2D eigenvalue weighted by atomic mass is 9.94. The van der Waals surface area contributed by atoms with E-state index in [0.29, 0.717) is 25.4 Å². The second-order valence-corrected chi connectivity index (χ2v) is 10.1. The first-order valence-corrected chi connectivity index (χ1v) is 11.0. The van der Waals surface area contributed by atoms with E-state index in [1.54, 1.807) is 9.80 Å². The summed E-state index contributed by atoms with van der Waals surface area (Å²) in [5.74, 6) is 0.566. The maximum Gasteiger partial charge on any atom is 0.246 e. The number of nitrogens with zero attached hydrogens (tertiary/aromatic N) is 3. The summed E-state index contributed by atoms with van der Waals surface area (Å²) < 4.78 is 0. The van der Waals surface area contributed by atoms with Crippen molar-refractivity contribution in [2.75, 3.05) is 19.6 Å². The van der Waals surface area contributed by atoms with Crippen molar-refractivity contribution in [3.05, 3.63) is 0 Å². The van der Waals surface area contributed by atoms with Gasteiger partial charge in [0.15, 0.2) is 0 Å². The Labute approximate surface area is 169 Å². The molecule has 3 aliphatic heterocycles. The Morgan fingerprint density at radius 1 is 0.750 bits per heavy atom. The average Bonchev–Trinajstić information content (AvgIpc) is 3.38. The Bertz CT molecular complexity index is 625. The highest BCUT2D eigenvalue weighted by molar-refractivity contribution is 5.94. The monoisotopic (exact) mass is 391 g/mol. The molecule has 3 rings (SSSR count). The first-order valence-electron chi connectivity index (χ1n) is 11.0. The highest BCUT2D eigenvalue weighted by Crippen LogP contribution is 2.31. The van der Waals surface area contributed by atoms with E-state index in [9.17, 15) is 14.4 Å². The van der Waals surface area contributed by atoms with Crippen LogP contribution in [0.15, 0.2) is 0 Å². The third-order valence-corrected chi connectivity index (χ3v) is 6.61. The minimum Gasteiger partial charge on any atom is -0.338 e. The number of rotatable bonds is 3. The standard InChI is InChI=1S/C22H37N3O3/c1-15(2)16-9-6-12-23(16)19(26)17-10-7-13-24(17)20(27)18-11-8-14-25(18)21(28)22(3,4)5/h15-18H,6-14H2,1-5H3. The van der Waals surface area contributed by atoms with Crippen LogP contribution in [0.4, 0.5) is 0 Å². The van der Waals surface area contributed by atoms with Gasteiger partial charge in [-0.1, -0.05) is 34.6 Å². The molecule has 6 heteroatoms. The summed E-state index contributed by atoms with van der Waals surface area (Å²) in [6.45, 7) is 12.1. The molecule has 6 nitrogen and oxygen atoms in total. The maximum atomic E-state index is 13.4. The quantitative estimate of drug-likeness (QED) is 0.743. The zero-order valence-corrected chi connectivity index (χ0v) is 18.2. The third kappa shape index (κ3) is 3.92. The second kappa shape index (κ2) is 8.03. The van der Waals surface area contributed by atoms with E-state index in [-0.39, 0.29) is 29.8 Å². The molecule has 0 radical (unpaired) electrons. The Balaban J connectivity index is 1.74. The molecule has 158 valence electrons. The summed E-state index contributed by atoms with van der Waals surface area (Å²) in [5.41, 5.74) is -0.497. The summed E-state index contributed by atoms with van der Waals surface area (Å²) in [6, 6.07) is -0.464.